The fraction of sp³-hybridized carbons (Fsp3) is 0.364. The number of hydrogen-bond acceptors (Lipinski definition) is 5. The lowest BCUT2D eigenvalue weighted by molar-refractivity contribution is 0.0952. The molecule has 0 aromatic heterocycles. The Morgan fingerprint density at radius 3 is 2.26 bits per heavy atom. The van der Waals surface area contributed by atoms with E-state index in [-0.39, 0.29) is 22.0 Å². The second-order valence-corrected chi connectivity index (χ2v) is 5.14. The number of rotatable bonds is 5. The van der Waals surface area contributed by atoms with Crippen LogP contribution in [0.3, 0.4) is 0 Å². The van der Waals surface area contributed by atoms with E-state index in [1.54, 1.807) is 6.92 Å². The molecule has 0 heterocycles. The number of benzene rings is 1. The van der Waals surface area contributed by atoms with Crippen LogP contribution in [0, 0.1) is 0 Å². The SMILES string of the molecule is CCNC(=O)c1cc(S(N)(=O)=O)c(OC)cc1OC. The predicted molar refractivity (Wildman–Crippen MR) is 68.9 cm³/mol. The number of nitrogens with one attached hydrogen (secondary N) is 1. The predicted octanol–water partition coefficient (Wildman–Crippen LogP) is 0.101. The molecule has 0 aliphatic rings. The van der Waals surface area contributed by atoms with Gasteiger partial charge in [0.05, 0.1) is 19.8 Å². The number of hydrogen-bond donors (Lipinski definition) is 2. The second-order valence-electron chi connectivity index (χ2n) is 3.61. The molecule has 7 nitrogen and oxygen atoms in total. The van der Waals surface area contributed by atoms with E-state index in [4.69, 9.17) is 14.6 Å². The number of carbonyl (C=O) groups excluding carboxylic acids is 1. The van der Waals surface area contributed by atoms with Crippen molar-refractivity contribution in [1.29, 1.82) is 0 Å². The maximum Gasteiger partial charge on any atom is 0.255 e. The lowest BCUT2D eigenvalue weighted by Crippen LogP contribution is -2.24. The van der Waals surface area contributed by atoms with Gasteiger partial charge >= 0.3 is 0 Å². The Bertz CT molecular complexity index is 583. The Balaban J connectivity index is 3.51. The van der Waals surface area contributed by atoms with Gasteiger partial charge in [0.15, 0.2) is 0 Å². The van der Waals surface area contributed by atoms with E-state index in [2.05, 4.69) is 5.32 Å². The van der Waals surface area contributed by atoms with Crippen molar-refractivity contribution in [3.8, 4) is 11.5 Å². The van der Waals surface area contributed by atoms with E-state index < -0.39 is 15.9 Å². The molecule has 3 N–H and O–H groups in total. The van der Waals surface area contributed by atoms with E-state index in [1.165, 1.54) is 20.3 Å². The minimum absolute atomic E-state index is 0.0207. The number of carbonyl (C=O) groups is 1. The molecule has 1 amide bonds. The van der Waals surface area contributed by atoms with Crippen LogP contribution in [0.1, 0.15) is 17.3 Å². The van der Waals surface area contributed by atoms with Crippen LogP contribution in [0.25, 0.3) is 0 Å². The number of methoxy groups -OCH3 is 2. The smallest absolute Gasteiger partial charge is 0.255 e. The molecule has 0 atom stereocenters. The van der Waals surface area contributed by atoms with Crippen molar-refractivity contribution in [2.24, 2.45) is 5.14 Å². The minimum Gasteiger partial charge on any atom is -0.496 e. The highest BCUT2D eigenvalue weighted by Gasteiger charge is 2.22. The van der Waals surface area contributed by atoms with Crippen molar-refractivity contribution in [3.63, 3.8) is 0 Å². The van der Waals surface area contributed by atoms with Crippen molar-refractivity contribution in [1.82, 2.24) is 5.32 Å². The number of sulfonamides is 1. The Labute approximate surface area is 111 Å². The van der Waals surface area contributed by atoms with Gasteiger partial charge in [-0.1, -0.05) is 0 Å². The topological polar surface area (TPSA) is 108 Å². The summed E-state index contributed by atoms with van der Waals surface area (Å²) in [5.74, 6) is -0.227. The van der Waals surface area contributed by atoms with Crippen LogP contribution in [-0.4, -0.2) is 35.1 Å². The Kier molecular flexibility index (Phi) is 4.73. The van der Waals surface area contributed by atoms with E-state index >= 15 is 0 Å². The first-order valence-electron chi connectivity index (χ1n) is 5.42. The largest absolute Gasteiger partial charge is 0.496 e. The van der Waals surface area contributed by atoms with Crippen LogP contribution in [0.15, 0.2) is 17.0 Å². The van der Waals surface area contributed by atoms with Crippen molar-refractivity contribution < 1.29 is 22.7 Å². The average molecular weight is 288 g/mol. The molecular weight excluding hydrogens is 272 g/mol. The highest BCUT2D eigenvalue weighted by molar-refractivity contribution is 7.89. The van der Waals surface area contributed by atoms with Gasteiger partial charge in [-0.05, 0) is 13.0 Å². The molecule has 106 valence electrons. The van der Waals surface area contributed by atoms with Crippen LogP contribution in [0.2, 0.25) is 0 Å². The number of amides is 1. The maximum atomic E-state index is 11.8. The summed E-state index contributed by atoms with van der Waals surface area (Å²) >= 11 is 0. The molecule has 0 aliphatic carbocycles. The normalized spacial score (nSPS) is 10.9. The number of ether oxygens (including phenoxy) is 2. The molecule has 19 heavy (non-hydrogen) atoms. The van der Waals surface area contributed by atoms with Crippen LogP contribution in [0.5, 0.6) is 11.5 Å². The zero-order valence-corrected chi connectivity index (χ0v) is 11.7. The first kappa shape index (κ1) is 15.3. The molecule has 0 aliphatic heterocycles. The summed E-state index contributed by atoms with van der Waals surface area (Å²) in [7, 11) is -1.33. The van der Waals surface area contributed by atoms with Gasteiger partial charge in [0.25, 0.3) is 5.91 Å². The van der Waals surface area contributed by atoms with Crippen molar-refractivity contribution in [3.05, 3.63) is 17.7 Å². The van der Waals surface area contributed by atoms with Gasteiger partial charge in [-0.15, -0.1) is 0 Å². The third-order valence-corrected chi connectivity index (χ3v) is 3.31. The maximum absolute atomic E-state index is 11.8. The quantitative estimate of drug-likeness (QED) is 0.799. The molecule has 0 fully saturated rings. The van der Waals surface area contributed by atoms with Crippen molar-refractivity contribution in [2.75, 3.05) is 20.8 Å². The molecule has 0 spiro atoms. The summed E-state index contributed by atoms with van der Waals surface area (Å²) in [6.07, 6.45) is 0. The summed E-state index contributed by atoms with van der Waals surface area (Å²) in [6, 6.07) is 2.45. The Hall–Kier alpha value is -1.80. The van der Waals surface area contributed by atoms with Gasteiger partial charge in [0.2, 0.25) is 10.0 Å². The van der Waals surface area contributed by atoms with Gasteiger partial charge in [0.1, 0.15) is 16.4 Å². The molecule has 0 saturated heterocycles. The minimum atomic E-state index is -4.00. The monoisotopic (exact) mass is 288 g/mol. The van der Waals surface area contributed by atoms with Gasteiger partial charge in [-0.25, -0.2) is 13.6 Å². The average Bonchev–Trinajstić information content (AvgIpc) is 2.36. The number of nitrogens with two attached hydrogens (primary N) is 1. The fourth-order valence-corrected chi connectivity index (χ4v) is 2.23. The third kappa shape index (κ3) is 3.36. The summed E-state index contributed by atoms with van der Waals surface area (Å²) in [5, 5.41) is 7.64. The third-order valence-electron chi connectivity index (χ3n) is 2.37. The molecule has 0 unspecified atom stereocenters. The highest BCUT2D eigenvalue weighted by Crippen LogP contribution is 2.31. The highest BCUT2D eigenvalue weighted by atomic mass is 32.2. The standard InChI is InChI=1S/C11H16N2O5S/c1-4-13-11(14)7-5-10(19(12,15)16)9(18-3)6-8(7)17-2/h5-6H,4H2,1-3H3,(H,13,14)(H2,12,15,16). The number of primary sulfonamides is 1. The summed E-state index contributed by atoms with van der Waals surface area (Å²) in [4.78, 5) is 11.6. The van der Waals surface area contributed by atoms with Crippen LogP contribution >= 0.6 is 0 Å². The lowest BCUT2D eigenvalue weighted by atomic mass is 10.1. The molecular formula is C11H16N2O5S. The Morgan fingerprint density at radius 1 is 1.26 bits per heavy atom. The van der Waals surface area contributed by atoms with E-state index in [9.17, 15) is 13.2 Å². The summed E-state index contributed by atoms with van der Waals surface area (Å²) < 4.78 is 32.9. The first-order chi connectivity index (χ1) is 8.85. The lowest BCUT2D eigenvalue weighted by Gasteiger charge is -2.13. The van der Waals surface area contributed by atoms with Gasteiger partial charge in [-0.3, -0.25) is 4.79 Å². The molecule has 0 bridgehead atoms. The molecule has 0 saturated carbocycles. The van der Waals surface area contributed by atoms with E-state index in [0.29, 0.717) is 6.54 Å². The van der Waals surface area contributed by atoms with Gasteiger partial charge in [-0.2, -0.15) is 0 Å². The molecule has 1 aromatic carbocycles. The zero-order chi connectivity index (χ0) is 14.6. The summed E-state index contributed by atoms with van der Waals surface area (Å²) in [5.41, 5.74) is 0.0779. The second kappa shape index (κ2) is 5.89. The van der Waals surface area contributed by atoms with Gasteiger partial charge < -0.3 is 14.8 Å². The van der Waals surface area contributed by atoms with Crippen molar-refractivity contribution in [2.45, 2.75) is 11.8 Å². The van der Waals surface area contributed by atoms with Crippen LogP contribution < -0.4 is 19.9 Å². The molecule has 1 rings (SSSR count). The van der Waals surface area contributed by atoms with Crippen LogP contribution in [-0.2, 0) is 10.0 Å². The Morgan fingerprint density at radius 2 is 1.84 bits per heavy atom. The van der Waals surface area contributed by atoms with Gasteiger partial charge in [0, 0.05) is 12.6 Å². The summed E-state index contributed by atoms with van der Waals surface area (Å²) in [6.45, 7) is 2.15. The van der Waals surface area contributed by atoms with Crippen LogP contribution in [0.4, 0.5) is 0 Å². The molecule has 1 aromatic rings. The fourth-order valence-electron chi connectivity index (χ4n) is 1.53. The van der Waals surface area contributed by atoms with E-state index in [0.717, 1.165) is 6.07 Å². The molecule has 8 heteroatoms. The van der Waals surface area contributed by atoms with E-state index in [1.807, 2.05) is 0 Å². The first-order valence-corrected chi connectivity index (χ1v) is 6.96. The molecule has 0 radical (unpaired) electrons. The van der Waals surface area contributed by atoms with Crippen molar-refractivity contribution >= 4 is 15.9 Å². The zero-order valence-electron chi connectivity index (χ0n) is 10.9.